The van der Waals surface area contributed by atoms with E-state index in [4.69, 9.17) is 12.2 Å². The van der Waals surface area contributed by atoms with E-state index >= 15 is 0 Å². The van der Waals surface area contributed by atoms with E-state index in [9.17, 15) is 0 Å². The quantitative estimate of drug-likeness (QED) is 0.687. The third-order valence-corrected chi connectivity index (χ3v) is 1.63. The number of hydrogen-bond acceptors (Lipinski definition) is 2. The van der Waals surface area contributed by atoms with Gasteiger partial charge in [0.15, 0.2) is 4.77 Å². The van der Waals surface area contributed by atoms with Crippen molar-refractivity contribution in [2.75, 3.05) is 0 Å². The van der Waals surface area contributed by atoms with Crippen LogP contribution in [0.15, 0.2) is 6.07 Å². The van der Waals surface area contributed by atoms with E-state index in [-0.39, 0.29) is 0 Å². The van der Waals surface area contributed by atoms with Crippen molar-refractivity contribution >= 4 is 12.2 Å². The van der Waals surface area contributed by atoms with Gasteiger partial charge in [-0.05, 0) is 31.6 Å². The fourth-order valence-electron chi connectivity index (χ4n) is 1.03. The van der Waals surface area contributed by atoms with Crippen LogP contribution < -0.4 is 0 Å². The third kappa shape index (κ3) is 2.42. The van der Waals surface area contributed by atoms with Gasteiger partial charge >= 0.3 is 0 Å². The maximum Gasteiger partial charge on any atom is 0.197 e. The van der Waals surface area contributed by atoms with Crippen LogP contribution in [0.3, 0.4) is 0 Å². The Morgan fingerprint density at radius 2 is 2.36 bits per heavy atom. The highest BCUT2D eigenvalue weighted by Gasteiger charge is 1.93. The van der Waals surface area contributed by atoms with E-state index in [1.807, 2.05) is 13.0 Å². The van der Waals surface area contributed by atoms with Gasteiger partial charge in [-0.3, -0.25) is 0 Å². The van der Waals surface area contributed by atoms with Crippen LogP contribution in [0.5, 0.6) is 0 Å². The van der Waals surface area contributed by atoms with Gasteiger partial charge in [-0.15, -0.1) is 0 Å². The first-order chi connectivity index (χ1) is 5.22. The van der Waals surface area contributed by atoms with Gasteiger partial charge in [0.25, 0.3) is 0 Å². The van der Waals surface area contributed by atoms with Crippen molar-refractivity contribution in [3.63, 3.8) is 0 Å². The highest BCUT2D eigenvalue weighted by Crippen LogP contribution is 2.00. The van der Waals surface area contributed by atoms with Crippen LogP contribution in [0.1, 0.15) is 24.7 Å². The molecule has 0 saturated heterocycles. The Labute approximate surface area is 71.7 Å². The average Bonchev–Trinajstić information content (AvgIpc) is 1.85. The van der Waals surface area contributed by atoms with E-state index in [1.165, 1.54) is 0 Å². The van der Waals surface area contributed by atoms with Crippen molar-refractivity contribution in [2.24, 2.45) is 0 Å². The van der Waals surface area contributed by atoms with Gasteiger partial charge in [0, 0.05) is 11.4 Å². The minimum absolute atomic E-state index is 0.591. The summed E-state index contributed by atoms with van der Waals surface area (Å²) in [5.74, 6) is 0. The number of aryl methyl sites for hydroxylation is 2. The molecule has 0 bridgehead atoms. The lowest BCUT2D eigenvalue weighted by atomic mass is 10.2. The molecule has 3 heteroatoms. The number of aromatic nitrogens is 2. The molecule has 0 aliphatic carbocycles. The van der Waals surface area contributed by atoms with Gasteiger partial charge in [0.1, 0.15) is 0 Å². The molecule has 0 aliphatic rings. The van der Waals surface area contributed by atoms with E-state index in [0.717, 1.165) is 24.2 Å². The van der Waals surface area contributed by atoms with Gasteiger partial charge in [0.05, 0.1) is 0 Å². The summed E-state index contributed by atoms with van der Waals surface area (Å²) in [5, 5.41) is 0. The number of hydrogen-bond donors (Lipinski definition) is 1. The highest BCUT2D eigenvalue weighted by atomic mass is 32.1. The Hall–Kier alpha value is -0.700. The summed E-state index contributed by atoms with van der Waals surface area (Å²) in [6.45, 7) is 4.13. The van der Waals surface area contributed by atoms with Crippen molar-refractivity contribution in [2.45, 2.75) is 26.7 Å². The molecule has 2 nitrogen and oxygen atoms in total. The maximum atomic E-state index is 4.93. The third-order valence-electron chi connectivity index (χ3n) is 1.44. The van der Waals surface area contributed by atoms with Crippen LogP contribution in [-0.2, 0) is 6.42 Å². The van der Waals surface area contributed by atoms with Crippen molar-refractivity contribution in [1.82, 2.24) is 9.97 Å². The Morgan fingerprint density at radius 1 is 1.64 bits per heavy atom. The minimum atomic E-state index is 0.591. The first kappa shape index (κ1) is 8.40. The molecule has 0 unspecified atom stereocenters. The summed E-state index contributed by atoms with van der Waals surface area (Å²) < 4.78 is 0.591. The van der Waals surface area contributed by atoms with Crippen molar-refractivity contribution in [3.8, 4) is 0 Å². The molecule has 11 heavy (non-hydrogen) atoms. The molecule has 0 fully saturated rings. The number of nitrogens with zero attached hydrogens (tertiary/aromatic N) is 1. The highest BCUT2D eigenvalue weighted by molar-refractivity contribution is 7.71. The maximum absolute atomic E-state index is 4.93. The van der Waals surface area contributed by atoms with E-state index in [2.05, 4.69) is 16.9 Å². The predicted molar refractivity (Wildman–Crippen MR) is 48.2 cm³/mol. The molecule has 0 aromatic carbocycles. The van der Waals surface area contributed by atoms with Crippen LogP contribution >= 0.6 is 12.2 Å². The second kappa shape index (κ2) is 3.62. The zero-order valence-corrected chi connectivity index (χ0v) is 7.66. The number of rotatable bonds is 2. The smallest absolute Gasteiger partial charge is 0.197 e. The van der Waals surface area contributed by atoms with Crippen LogP contribution in [-0.4, -0.2) is 9.97 Å². The molecule has 1 aromatic rings. The predicted octanol–water partition coefficient (Wildman–Crippen LogP) is 2.40. The van der Waals surface area contributed by atoms with Crippen LogP contribution in [0, 0.1) is 11.7 Å². The molecule has 0 radical (unpaired) electrons. The molecular formula is C8H12N2S. The van der Waals surface area contributed by atoms with E-state index in [1.54, 1.807) is 0 Å². The van der Waals surface area contributed by atoms with Gasteiger partial charge < -0.3 is 4.98 Å². The lowest BCUT2D eigenvalue weighted by Gasteiger charge is -1.98. The van der Waals surface area contributed by atoms with E-state index in [0.29, 0.717) is 4.77 Å². The number of nitrogens with one attached hydrogen (secondary N) is 1. The van der Waals surface area contributed by atoms with Crippen LogP contribution in [0.4, 0.5) is 0 Å². The normalized spacial score (nSPS) is 10.0. The number of aromatic amines is 1. The first-order valence-electron chi connectivity index (χ1n) is 3.79. The Morgan fingerprint density at radius 3 is 2.91 bits per heavy atom. The fourth-order valence-corrected chi connectivity index (χ4v) is 1.31. The number of H-pyrrole nitrogens is 1. The van der Waals surface area contributed by atoms with Crippen LogP contribution in [0.25, 0.3) is 0 Å². The Balaban J connectivity index is 2.99. The summed E-state index contributed by atoms with van der Waals surface area (Å²) in [6, 6.07) is 2.04. The van der Waals surface area contributed by atoms with Gasteiger partial charge in [-0.1, -0.05) is 13.3 Å². The van der Waals surface area contributed by atoms with E-state index < -0.39 is 0 Å². The van der Waals surface area contributed by atoms with Crippen molar-refractivity contribution in [3.05, 3.63) is 22.2 Å². The molecule has 0 amide bonds. The molecule has 0 spiro atoms. The minimum Gasteiger partial charge on any atom is -0.335 e. The SMILES string of the molecule is CCCc1cc(C)[nH]c(=S)n1. The standard InChI is InChI=1S/C8H12N2S/c1-3-4-7-5-6(2)9-8(11)10-7/h5H,3-4H2,1-2H3,(H,9,10,11). The van der Waals surface area contributed by atoms with Crippen LogP contribution in [0.2, 0.25) is 0 Å². The molecular weight excluding hydrogens is 156 g/mol. The zero-order chi connectivity index (χ0) is 8.27. The molecule has 0 saturated carbocycles. The summed E-state index contributed by atoms with van der Waals surface area (Å²) in [4.78, 5) is 7.16. The first-order valence-corrected chi connectivity index (χ1v) is 4.20. The Bertz CT molecular complexity index is 290. The second-order valence-electron chi connectivity index (χ2n) is 2.61. The topological polar surface area (TPSA) is 28.7 Å². The van der Waals surface area contributed by atoms with Gasteiger partial charge in [0.2, 0.25) is 0 Å². The summed E-state index contributed by atoms with van der Waals surface area (Å²) in [7, 11) is 0. The molecule has 60 valence electrons. The monoisotopic (exact) mass is 168 g/mol. The van der Waals surface area contributed by atoms with Gasteiger partial charge in [-0.2, -0.15) is 0 Å². The zero-order valence-electron chi connectivity index (χ0n) is 6.85. The van der Waals surface area contributed by atoms with Gasteiger partial charge in [-0.25, -0.2) is 4.98 Å². The Kier molecular flexibility index (Phi) is 2.76. The summed E-state index contributed by atoms with van der Waals surface area (Å²) in [6.07, 6.45) is 2.13. The largest absolute Gasteiger partial charge is 0.335 e. The summed E-state index contributed by atoms with van der Waals surface area (Å²) in [5.41, 5.74) is 2.18. The van der Waals surface area contributed by atoms with Crippen molar-refractivity contribution < 1.29 is 0 Å². The molecule has 1 aromatic heterocycles. The second-order valence-corrected chi connectivity index (χ2v) is 3.00. The molecule has 0 aliphatic heterocycles. The molecule has 0 atom stereocenters. The fraction of sp³-hybridized carbons (Fsp3) is 0.500. The molecule has 1 N–H and O–H groups in total. The summed E-state index contributed by atoms with van der Waals surface area (Å²) >= 11 is 4.93. The lowest BCUT2D eigenvalue weighted by Crippen LogP contribution is -1.93. The van der Waals surface area contributed by atoms with Crippen molar-refractivity contribution in [1.29, 1.82) is 0 Å². The lowest BCUT2D eigenvalue weighted by molar-refractivity contribution is 0.860. The average molecular weight is 168 g/mol. The molecule has 1 heterocycles. The molecule has 1 rings (SSSR count).